The summed E-state index contributed by atoms with van der Waals surface area (Å²) in [7, 11) is 0. The Kier molecular flexibility index (Phi) is 4.46. The average Bonchev–Trinajstić information content (AvgIpc) is 3.22. The Morgan fingerprint density at radius 2 is 1.73 bits per heavy atom. The Morgan fingerprint density at radius 1 is 1.00 bits per heavy atom. The van der Waals surface area contributed by atoms with Crippen molar-refractivity contribution >= 4 is 5.69 Å². The molecule has 2 aromatic carbocycles. The van der Waals surface area contributed by atoms with Crippen LogP contribution in [0.3, 0.4) is 0 Å². The molecule has 2 unspecified atom stereocenters. The second-order valence-corrected chi connectivity index (χ2v) is 7.44. The predicted octanol–water partition coefficient (Wildman–Crippen LogP) is 5.32. The number of anilines is 1. The van der Waals surface area contributed by atoms with E-state index >= 15 is 0 Å². The van der Waals surface area contributed by atoms with Gasteiger partial charge in [0.05, 0.1) is 12.1 Å². The van der Waals surface area contributed by atoms with Gasteiger partial charge in [-0.2, -0.15) is 0 Å². The molecule has 0 saturated carbocycles. The Bertz CT molecular complexity index is 834. The largest absolute Gasteiger partial charge is 0.378 e. The van der Waals surface area contributed by atoms with E-state index in [0.717, 1.165) is 18.5 Å². The molecular formula is C24H27NO. The van der Waals surface area contributed by atoms with Gasteiger partial charge in [0.15, 0.2) is 0 Å². The molecule has 2 aliphatic rings. The third kappa shape index (κ3) is 2.89. The van der Waals surface area contributed by atoms with Crippen molar-refractivity contribution in [1.29, 1.82) is 0 Å². The summed E-state index contributed by atoms with van der Waals surface area (Å²) < 4.78 is 6.49. The highest BCUT2D eigenvalue weighted by atomic mass is 16.5. The summed E-state index contributed by atoms with van der Waals surface area (Å²) in [5.74, 6) is 0. The fourth-order valence-corrected chi connectivity index (χ4v) is 4.14. The van der Waals surface area contributed by atoms with E-state index in [4.69, 9.17) is 4.74 Å². The first-order valence-electron chi connectivity index (χ1n) is 9.57. The van der Waals surface area contributed by atoms with Crippen molar-refractivity contribution in [1.82, 2.24) is 0 Å². The molecular weight excluding hydrogens is 318 g/mol. The minimum atomic E-state index is -0.353. The Morgan fingerprint density at radius 3 is 2.35 bits per heavy atom. The Labute approximate surface area is 156 Å². The highest BCUT2D eigenvalue weighted by Gasteiger charge is 2.50. The molecule has 0 fully saturated rings. The summed E-state index contributed by atoms with van der Waals surface area (Å²) in [6.07, 6.45) is 6.59. The summed E-state index contributed by atoms with van der Waals surface area (Å²) in [6, 6.07) is 19.6. The van der Waals surface area contributed by atoms with Gasteiger partial charge >= 0.3 is 0 Å². The highest BCUT2D eigenvalue weighted by Crippen LogP contribution is 2.46. The monoisotopic (exact) mass is 345 g/mol. The normalized spacial score (nSPS) is 25.0. The number of benzene rings is 2. The van der Waals surface area contributed by atoms with Crippen LogP contribution in [0.4, 0.5) is 5.69 Å². The van der Waals surface area contributed by atoms with Crippen LogP contribution in [0.1, 0.15) is 31.9 Å². The summed E-state index contributed by atoms with van der Waals surface area (Å²) in [5, 5.41) is 3.78. The zero-order valence-electron chi connectivity index (χ0n) is 15.8. The summed E-state index contributed by atoms with van der Waals surface area (Å²) in [5.41, 5.74) is 6.18. The van der Waals surface area contributed by atoms with Crippen LogP contribution in [0.25, 0.3) is 0 Å². The molecule has 2 bridgehead atoms. The molecule has 26 heavy (non-hydrogen) atoms. The molecule has 134 valence electrons. The molecule has 2 nitrogen and oxygen atoms in total. The van der Waals surface area contributed by atoms with Crippen LogP contribution in [-0.2, 0) is 17.6 Å². The topological polar surface area (TPSA) is 21.3 Å². The second kappa shape index (κ2) is 6.77. The van der Waals surface area contributed by atoms with Crippen LogP contribution in [-0.4, -0.2) is 17.7 Å². The van der Waals surface area contributed by atoms with Crippen LogP contribution < -0.4 is 5.32 Å². The van der Waals surface area contributed by atoms with Crippen LogP contribution in [0.2, 0.25) is 0 Å². The van der Waals surface area contributed by atoms with Gasteiger partial charge in [0, 0.05) is 5.69 Å². The van der Waals surface area contributed by atoms with E-state index in [2.05, 4.69) is 92.8 Å². The van der Waals surface area contributed by atoms with Gasteiger partial charge < -0.3 is 10.1 Å². The molecule has 0 amide bonds. The molecule has 2 heteroatoms. The predicted molar refractivity (Wildman–Crippen MR) is 108 cm³/mol. The van der Waals surface area contributed by atoms with Crippen LogP contribution in [0, 0.1) is 0 Å². The fraction of sp³-hybridized carbons (Fsp3) is 0.333. The van der Waals surface area contributed by atoms with E-state index in [1.165, 1.54) is 22.3 Å². The first kappa shape index (κ1) is 17.1. The maximum atomic E-state index is 6.49. The zero-order chi connectivity index (χ0) is 18.1. The van der Waals surface area contributed by atoms with Crippen LogP contribution >= 0.6 is 0 Å². The van der Waals surface area contributed by atoms with Crippen molar-refractivity contribution in [3.63, 3.8) is 0 Å². The van der Waals surface area contributed by atoms with Gasteiger partial charge in [0.25, 0.3) is 0 Å². The minimum Gasteiger partial charge on any atom is -0.378 e. The minimum absolute atomic E-state index is 0.137. The number of ether oxygens (including phenoxy) is 1. The first-order valence-corrected chi connectivity index (χ1v) is 9.57. The third-order valence-corrected chi connectivity index (χ3v) is 5.95. The van der Waals surface area contributed by atoms with E-state index in [9.17, 15) is 0 Å². The molecule has 0 radical (unpaired) electrons. The quantitative estimate of drug-likeness (QED) is 0.716. The SMILES string of the molecule is CCc1ccc(N[C@H](Cc2ccccc2)C23C=CC(O2)C(C)=C3C)cc1. The molecule has 2 heterocycles. The molecule has 2 aliphatic heterocycles. The van der Waals surface area contributed by atoms with Gasteiger partial charge in [0.1, 0.15) is 5.60 Å². The molecule has 0 aromatic heterocycles. The van der Waals surface area contributed by atoms with Crippen molar-refractivity contribution in [2.75, 3.05) is 5.32 Å². The van der Waals surface area contributed by atoms with Gasteiger partial charge in [-0.1, -0.05) is 55.5 Å². The standard InChI is InChI=1S/C24H27NO/c1-4-19-10-12-21(13-11-19)25-23(16-20-8-6-5-7-9-20)24-15-14-22(26-24)17(2)18(24)3/h5-15,22-23,25H,4,16H2,1-3H3/t22?,23-,24?/m1/s1. The molecule has 0 aliphatic carbocycles. The summed E-state index contributed by atoms with van der Waals surface area (Å²) in [4.78, 5) is 0. The Hall–Kier alpha value is -2.32. The van der Waals surface area contributed by atoms with E-state index < -0.39 is 0 Å². The zero-order valence-corrected chi connectivity index (χ0v) is 15.8. The van der Waals surface area contributed by atoms with E-state index in [1.54, 1.807) is 0 Å². The third-order valence-electron chi connectivity index (χ3n) is 5.95. The van der Waals surface area contributed by atoms with Crippen LogP contribution in [0.15, 0.2) is 77.9 Å². The van der Waals surface area contributed by atoms with E-state index in [0.29, 0.717) is 0 Å². The lowest BCUT2D eigenvalue weighted by atomic mass is 9.80. The van der Waals surface area contributed by atoms with Crippen molar-refractivity contribution in [3.05, 3.63) is 89.0 Å². The van der Waals surface area contributed by atoms with E-state index in [-0.39, 0.29) is 17.7 Å². The second-order valence-electron chi connectivity index (χ2n) is 7.44. The lowest BCUT2D eigenvalue weighted by molar-refractivity contribution is 0.0278. The first-order chi connectivity index (χ1) is 12.6. The van der Waals surface area contributed by atoms with Gasteiger partial charge in [0.2, 0.25) is 0 Å². The maximum absolute atomic E-state index is 6.49. The number of hydrogen-bond acceptors (Lipinski definition) is 2. The summed E-state index contributed by atoms with van der Waals surface area (Å²) in [6.45, 7) is 6.60. The van der Waals surface area contributed by atoms with Crippen molar-refractivity contribution in [2.24, 2.45) is 0 Å². The van der Waals surface area contributed by atoms with Crippen molar-refractivity contribution in [3.8, 4) is 0 Å². The van der Waals surface area contributed by atoms with E-state index in [1.807, 2.05) is 0 Å². The average molecular weight is 345 g/mol. The number of aryl methyl sites for hydroxylation is 1. The molecule has 0 saturated heterocycles. The summed E-state index contributed by atoms with van der Waals surface area (Å²) >= 11 is 0. The number of nitrogens with one attached hydrogen (secondary N) is 1. The van der Waals surface area contributed by atoms with Gasteiger partial charge in [-0.3, -0.25) is 0 Å². The lowest BCUT2D eigenvalue weighted by Crippen LogP contribution is -2.47. The van der Waals surface area contributed by atoms with Gasteiger partial charge in [-0.25, -0.2) is 0 Å². The Balaban J connectivity index is 1.67. The fourth-order valence-electron chi connectivity index (χ4n) is 4.14. The molecule has 3 atom stereocenters. The molecule has 0 spiro atoms. The smallest absolute Gasteiger partial charge is 0.129 e. The van der Waals surface area contributed by atoms with Crippen LogP contribution in [0.5, 0.6) is 0 Å². The molecule has 1 N–H and O–H groups in total. The highest BCUT2D eigenvalue weighted by molar-refractivity contribution is 5.52. The maximum Gasteiger partial charge on any atom is 0.129 e. The van der Waals surface area contributed by atoms with Gasteiger partial charge in [-0.15, -0.1) is 0 Å². The molecule has 2 aromatic rings. The number of fused-ring (bicyclic) bond motifs is 2. The number of hydrogen-bond donors (Lipinski definition) is 1. The lowest BCUT2D eigenvalue weighted by Gasteiger charge is -2.36. The van der Waals surface area contributed by atoms with Crippen molar-refractivity contribution in [2.45, 2.75) is 51.4 Å². The number of rotatable bonds is 6. The van der Waals surface area contributed by atoms with Gasteiger partial charge in [-0.05, 0) is 67.2 Å². The van der Waals surface area contributed by atoms with Crippen molar-refractivity contribution < 1.29 is 4.74 Å². The molecule has 4 rings (SSSR count).